The fourth-order valence-electron chi connectivity index (χ4n) is 2.89. The van der Waals surface area contributed by atoms with E-state index >= 15 is 0 Å². The summed E-state index contributed by atoms with van der Waals surface area (Å²) in [5, 5.41) is 15.7. The number of amides is 1. The number of carboxylic acid groups (broad SMARTS) is 1. The number of hydrogen-bond acceptors (Lipinski definition) is 3. The summed E-state index contributed by atoms with van der Waals surface area (Å²) >= 11 is 5.93. The number of nitrogens with one attached hydrogen (secondary N) is 2. The van der Waals surface area contributed by atoms with Gasteiger partial charge in [-0.2, -0.15) is 0 Å². The zero-order chi connectivity index (χ0) is 16.8. The lowest BCUT2D eigenvalue weighted by Gasteiger charge is -2.26. The van der Waals surface area contributed by atoms with E-state index in [4.69, 9.17) is 11.6 Å². The van der Waals surface area contributed by atoms with Gasteiger partial charge in [0.1, 0.15) is 6.04 Å². The number of hydrogen-bond donors (Lipinski definition) is 3. The van der Waals surface area contributed by atoms with Gasteiger partial charge in [0.05, 0.1) is 6.42 Å². The summed E-state index contributed by atoms with van der Waals surface area (Å²) in [6.45, 7) is 1.86. The molecule has 126 valence electrons. The maximum Gasteiger partial charge on any atom is 0.321 e. The van der Waals surface area contributed by atoms with E-state index in [2.05, 4.69) is 10.6 Å². The number of aryl methyl sites for hydroxylation is 1. The molecular weight excluding hydrogens is 316 g/mol. The number of carbonyl (C=O) groups excluding carboxylic acids is 1. The highest BCUT2D eigenvalue weighted by Gasteiger charge is 2.25. The molecule has 0 aromatic heterocycles. The zero-order valence-corrected chi connectivity index (χ0v) is 14.0. The summed E-state index contributed by atoms with van der Waals surface area (Å²) in [5.74, 6) is -1.32. The van der Waals surface area contributed by atoms with Crippen molar-refractivity contribution < 1.29 is 14.7 Å². The van der Waals surface area contributed by atoms with Gasteiger partial charge in [-0.3, -0.25) is 9.59 Å². The van der Waals surface area contributed by atoms with Gasteiger partial charge >= 0.3 is 5.97 Å². The number of aliphatic carboxylic acids is 1. The molecule has 1 aromatic carbocycles. The van der Waals surface area contributed by atoms with Gasteiger partial charge in [0, 0.05) is 16.8 Å². The van der Waals surface area contributed by atoms with Crippen molar-refractivity contribution in [1.29, 1.82) is 0 Å². The van der Waals surface area contributed by atoms with E-state index in [9.17, 15) is 14.7 Å². The first-order valence-corrected chi connectivity index (χ1v) is 8.38. The lowest BCUT2D eigenvalue weighted by atomic mass is 9.94. The first kappa shape index (κ1) is 17.8. The Hall–Kier alpha value is -1.59. The van der Waals surface area contributed by atoms with Crippen molar-refractivity contribution in [3.63, 3.8) is 0 Å². The quantitative estimate of drug-likeness (QED) is 0.743. The highest BCUT2D eigenvalue weighted by molar-refractivity contribution is 6.31. The summed E-state index contributed by atoms with van der Waals surface area (Å²) in [6.07, 6.45) is 5.26. The molecule has 0 spiro atoms. The van der Waals surface area contributed by atoms with Crippen LogP contribution in [-0.2, 0) is 9.59 Å². The molecule has 23 heavy (non-hydrogen) atoms. The topological polar surface area (TPSA) is 78.4 Å². The molecule has 1 aliphatic rings. The summed E-state index contributed by atoms with van der Waals surface area (Å²) in [7, 11) is 0. The van der Waals surface area contributed by atoms with Crippen LogP contribution in [0.1, 0.15) is 44.1 Å². The Labute approximate surface area is 141 Å². The van der Waals surface area contributed by atoms with Crippen molar-refractivity contribution in [2.24, 2.45) is 0 Å². The van der Waals surface area contributed by atoms with Crippen molar-refractivity contribution in [2.75, 3.05) is 5.32 Å². The maximum atomic E-state index is 12.2. The molecule has 2 rings (SSSR count). The zero-order valence-electron chi connectivity index (χ0n) is 13.3. The Balaban J connectivity index is 1.94. The van der Waals surface area contributed by atoms with Crippen molar-refractivity contribution in [1.82, 2.24) is 5.32 Å². The van der Waals surface area contributed by atoms with E-state index < -0.39 is 12.0 Å². The average Bonchev–Trinajstić information content (AvgIpc) is 2.51. The normalized spacial score (nSPS) is 16.8. The molecule has 0 saturated heterocycles. The number of halogens is 1. The number of carbonyl (C=O) groups is 2. The van der Waals surface area contributed by atoms with Crippen molar-refractivity contribution in [3.8, 4) is 0 Å². The summed E-state index contributed by atoms with van der Waals surface area (Å²) in [4.78, 5) is 23.6. The lowest BCUT2D eigenvalue weighted by molar-refractivity contribution is -0.141. The Morgan fingerprint density at radius 2 is 2.00 bits per heavy atom. The van der Waals surface area contributed by atoms with Crippen LogP contribution in [0.5, 0.6) is 0 Å². The van der Waals surface area contributed by atoms with Crippen LogP contribution >= 0.6 is 11.6 Å². The Bertz CT molecular complexity index is 571. The molecule has 1 amide bonds. The van der Waals surface area contributed by atoms with Gasteiger partial charge in [-0.15, -0.1) is 0 Å². The average molecular weight is 339 g/mol. The highest BCUT2D eigenvalue weighted by Crippen LogP contribution is 2.21. The van der Waals surface area contributed by atoms with Gasteiger partial charge in [0.15, 0.2) is 0 Å². The summed E-state index contributed by atoms with van der Waals surface area (Å²) in [6, 6.07) is 4.55. The smallest absolute Gasteiger partial charge is 0.321 e. The molecule has 1 unspecified atom stereocenters. The predicted octanol–water partition coefficient (Wildman–Crippen LogP) is 3.35. The van der Waals surface area contributed by atoms with Gasteiger partial charge in [-0.05, 0) is 37.5 Å². The summed E-state index contributed by atoms with van der Waals surface area (Å²) < 4.78 is 0. The lowest BCUT2D eigenvalue weighted by Crippen LogP contribution is -2.46. The molecule has 0 heterocycles. The fourth-order valence-corrected chi connectivity index (χ4v) is 3.06. The molecule has 1 fully saturated rings. The van der Waals surface area contributed by atoms with Crippen LogP contribution in [0.15, 0.2) is 18.2 Å². The number of benzene rings is 1. The van der Waals surface area contributed by atoms with Crippen molar-refractivity contribution >= 4 is 29.2 Å². The number of anilines is 1. The standard InChI is InChI=1S/C17H23ClN2O3/c1-11-7-8-12(18)9-14(11)20-16(21)10-15(17(22)23)19-13-5-3-2-4-6-13/h7-9,13,15,19H,2-6,10H2,1H3,(H,20,21)(H,22,23). The van der Waals surface area contributed by atoms with Gasteiger partial charge in [-0.1, -0.05) is 36.9 Å². The molecule has 0 bridgehead atoms. The largest absolute Gasteiger partial charge is 0.480 e. The fraction of sp³-hybridized carbons (Fsp3) is 0.529. The first-order chi connectivity index (χ1) is 11.0. The first-order valence-electron chi connectivity index (χ1n) is 8.00. The van der Waals surface area contributed by atoms with Crippen LogP contribution < -0.4 is 10.6 Å². The van der Waals surface area contributed by atoms with Crippen LogP contribution in [-0.4, -0.2) is 29.1 Å². The highest BCUT2D eigenvalue weighted by atomic mass is 35.5. The minimum Gasteiger partial charge on any atom is -0.480 e. The monoisotopic (exact) mass is 338 g/mol. The molecule has 0 radical (unpaired) electrons. The Morgan fingerprint density at radius 3 is 2.65 bits per heavy atom. The van der Waals surface area contributed by atoms with Crippen LogP contribution in [0, 0.1) is 6.92 Å². The Kier molecular flexibility index (Phi) is 6.42. The van der Waals surface area contributed by atoms with Gasteiger partial charge in [-0.25, -0.2) is 0 Å². The third-order valence-corrected chi connectivity index (χ3v) is 4.44. The molecule has 6 heteroatoms. The SMILES string of the molecule is Cc1ccc(Cl)cc1NC(=O)CC(NC1CCCCC1)C(=O)O. The van der Waals surface area contributed by atoms with E-state index in [1.54, 1.807) is 12.1 Å². The third kappa shape index (κ3) is 5.52. The molecule has 3 N–H and O–H groups in total. The summed E-state index contributed by atoms with van der Waals surface area (Å²) in [5.41, 5.74) is 1.50. The second-order valence-corrected chi connectivity index (χ2v) is 6.54. The van der Waals surface area contributed by atoms with Crippen LogP contribution in [0.2, 0.25) is 5.02 Å². The number of rotatable bonds is 6. The van der Waals surface area contributed by atoms with E-state index in [1.807, 2.05) is 13.0 Å². The van der Waals surface area contributed by atoms with Crippen molar-refractivity contribution in [3.05, 3.63) is 28.8 Å². The predicted molar refractivity (Wildman–Crippen MR) is 90.9 cm³/mol. The molecule has 1 atom stereocenters. The van der Waals surface area contributed by atoms with Crippen molar-refractivity contribution in [2.45, 2.75) is 57.5 Å². The molecule has 1 aromatic rings. The Morgan fingerprint density at radius 1 is 1.30 bits per heavy atom. The van der Waals surface area contributed by atoms with Gasteiger partial charge in [0.25, 0.3) is 0 Å². The van der Waals surface area contributed by atoms with Crippen LogP contribution in [0.3, 0.4) is 0 Å². The van der Waals surface area contributed by atoms with E-state index in [-0.39, 0.29) is 18.4 Å². The van der Waals surface area contributed by atoms with E-state index in [1.165, 1.54) is 6.42 Å². The van der Waals surface area contributed by atoms with Gasteiger partial charge < -0.3 is 15.7 Å². The van der Waals surface area contributed by atoms with E-state index in [0.29, 0.717) is 10.7 Å². The minimum absolute atomic E-state index is 0.0994. The molecule has 1 saturated carbocycles. The molecular formula is C17H23ClN2O3. The molecule has 1 aliphatic carbocycles. The maximum absolute atomic E-state index is 12.2. The molecule has 0 aliphatic heterocycles. The second kappa shape index (κ2) is 8.31. The van der Waals surface area contributed by atoms with Gasteiger partial charge in [0.2, 0.25) is 5.91 Å². The minimum atomic E-state index is -0.992. The van der Waals surface area contributed by atoms with Crippen LogP contribution in [0.25, 0.3) is 0 Å². The number of carboxylic acids is 1. The second-order valence-electron chi connectivity index (χ2n) is 6.10. The van der Waals surface area contributed by atoms with Crippen LogP contribution in [0.4, 0.5) is 5.69 Å². The molecule has 5 nitrogen and oxygen atoms in total. The van der Waals surface area contributed by atoms with E-state index in [0.717, 1.165) is 31.2 Å². The third-order valence-electron chi connectivity index (χ3n) is 4.20.